The number of thioether (sulfide) groups is 1. The molecule has 0 unspecified atom stereocenters. The Morgan fingerprint density at radius 2 is 1.89 bits per heavy atom. The number of carbonyl (C=O) groups excluding carboxylic acids is 2. The monoisotopic (exact) mass is 289 g/mol. The zero-order chi connectivity index (χ0) is 14.8. The van der Waals surface area contributed by atoms with Crippen molar-refractivity contribution >= 4 is 28.9 Å². The van der Waals surface area contributed by atoms with Crippen molar-refractivity contribution in [3.05, 3.63) is 0 Å². The van der Waals surface area contributed by atoms with E-state index in [-0.39, 0.29) is 23.3 Å². The van der Waals surface area contributed by atoms with Gasteiger partial charge in [0.05, 0.1) is 0 Å². The number of carboxylic acids is 1. The molecule has 2 atom stereocenters. The second kappa shape index (κ2) is 5.81. The SMILES string of the molecule is CC(=O)S[C@H]1C[C@H](C(=O)O)N(C(=O)OC(C)(C)C)C1. The normalized spacial score (nSPS) is 23.3. The van der Waals surface area contributed by atoms with Crippen LogP contribution < -0.4 is 0 Å². The van der Waals surface area contributed by atoms with Crippen LogP contribution in [-0.4, -0.2) is 50.6 Å². The molecular formula is C12H19NO5S. The van der Waals surface area contributed by atoms with Crippen LogP contribution in [0.4, 0.5) is 4.79 Å². The number of hydrogen-bond donors (Lipinski definition) is 1. The summed E-state index contributed by atoms with van der Waals surface area (Å²) in [5.74, 6) is -1.07. The largest absolute Gasteiger partial charge is 0.480 e. The van der Waals surface area contributed by atoms with Crippen molar-refractivity contribution in [2.45, 2.75) is 51.0 Å². The molecule has 108 valence electrons. The van der Waals surface area contributed by atoms with E-state index < -0.39 is 23.7 Å². The van der Waals surface area contributed by atoms with Crippen LogP contribution in [0, 0.1) is 0 Å². The number of amides is 1. The van der Waals surface area contributed by atoms with Gasteiger partial charge in [-0.15, -0.1) is 0 Å². The fourth-order valence-corrected chi connectivity index (χ4v) is 2.86. The van der Waals surface area contributed by atoms with E-state index in [2.05, 4.69) is 0 Å². The van der Waals surface area contributed by atoms with Gasteiger partial charge in [-0.1, -0.05) is 11.8 Å². The molecule has 0 aromatic rings. The van der Waals surface area contributed by atoms with Crippen molar-refractivity contribution in [3.63, 3.8) is 0 Å². The van der Waals surface area contributed by atoms with Crippen LogP contribution in [-0.2, 0) is 14.3 Å². The summed E-state index contributed by atoms with van der Waals surface area (Å²) in [5.41, 5.74) is -0.675. The number of aliphatic carboxylic acids is 1. The third-order valence-electron chi connectivity index (χ3n) is 2.51. The van der Waals surface area contributed by atoms with E-state index >= 15 is 0 Å². The first-order chi connectivity index (χ1) is 8.60. The Hall–Kier alpha value is -1.24. The molecule has 1 saturated heterocycles. The van der Waals surface area contributed by atoms with Crippen molar-refractivity contribution in [3.8, 4) is 0 Å². The highest BCUT2D eigenvalue weighted by molar-refractivity contribution is 8.14. The number of carboxylic acid groups (broad SMARTS) is 1. The van der Waals surface area contributed by atoms with Gasteiger partial charge in [-0.05, 0) is 27.2 Å². The summed E-state index contributed by atoms with van der Waals surface area (Å²) >= 11 is 1.07. The van der Waals surface area contributed by atoms with Crippen LogP contribution >= 0.6 is 11.8 Å². The molecule has 6 nitrogen and oxygen atoms in total. The van der Waals surface area contributed by atoms with Gasteiger partial charge in [-0.3, -0.25) is 9.69 Å². The topological polar surface area (TPSA) is 83.9 Å². The Labute approximate surface area is 116 Å². The molecule has 19 heavy (non-hydrogen) atoms. The third-order valence-corrected chi connectivity index (χ3v) is 3.52. The minimum Gasteiger partial charge on any atom is -0.480 e. The Balaban J connectivity index is 2.76. The molecule has 1 rings (SSSR count). The van der Waals surface area contributed by atoms with Gasteiger partial charge < -0.3 is 9.84 Å². The highest BCUT2D eigenvalue weighted by Gasteiger charge is 2.42. The van der Waals surface area contributed by atoms with Gasteiger partial charge in [0.2, 0.25) is 0 Å². The van der Waals surface area contributed by atoms with Gasteiger partial charge in [0.15, 0.2) is 5.12 Å². The summed E-state index contributed by atoms with van der Waals surface area (Å²) in [6, 6.07) is -0.924. The van der Waals surface area contributed by atoms with E-state index in [1.807, 2.05) is 0 Å². The summed E-state index contributed by atoms with van der Waals surface area (Å²) in [6.45, 7) is 6.81. The van der Waals surface area contributed by atoms with Crippen LogP contribution in [0.1, 0.15) is 34.1 Å². The second-order valence-corrected chi connectivity index (χ2v) is 6.93. The fraction of sp³-hybridized carbons (Fsp3) is 0.750. The van der Waals surface area contributed by atoms with Crippen molar-refractivity contribution in [1.29, 1.82) is 0 Å². The lowest BCUT2D eigenvalue weighted by molar-refractivity contribution is -0.142. The zero-order valence-corrected chi connectivity index (χ0v) is 12.3. The van der Waals surface area contributed by atoms with E-state index in [0.717, 1.165) is 11.8 Å². The molecular weight excluding hydrogens is 270 g/mol. The Bertz CT molecular complexity index is 390. The Morgan fingerprint density at radius 3 is 2.32 bits per heavy atom. The Kier molecular flexibility index (Phi) is 4.84. The average molecular weight is 289 g/mol. The van der Waals surface area contributed by atoms with Gasteiger partial charge in [-0.25, -0.2) is 9.59 Å². The molecule has 0 aliphatic carbocycles. The highest BCUT2D eigenvalue weighted by atomic mass is 32.2. The predicted octanol–water partition coefficient (Wildman–Crippen LogP) is 1.73. The van der Waals surface area contributed by atoms with Gasteiger partial charge in [0.25, 0.3) is 0 Å². The number of likely N-dealkylation sites (tertiary alicyclic amines) is 1. The van der Waals surface area contributed by atoms with Crippen LogP contribution in [0.3, 0.4) is 0 Å². The summed E-state index contributed by atoms with van der Waals surface area (Å²) in [7, 11) is 0. The van der Waals surface area contributed by atoms with Crippen molar-refractivity contribution < 1.29 is 24.2 Å². The molecule has 0 aromatic carbocycles. The van der Waals surface area contributed by atoms with Crippen LogP contribution in [0.5, 0.6) is 0 Å². The first kappa shape index (κ1) is 15.8. The number of carbonyl (C=O) groups is 3. The standard InChI is InChI=1S/C12H19NO5S/c1-7(14)19-8-5-9(10(15)16)13(6-8)11(17)18-12(2,3)4/h8-9H,5-6H2,1-4H3,(H,15,16)/t8-,9+/m0/s1. The van der Waals surface area contributed by atoms with Crippen molar-refractivity contribution in [1.82, 2.24) is 4.90 Å². The quantitative estimate of drug-likeness (QED) is 0.833. The van der Waals surface area contributed by atoms with E-state index in [0.29, 0.717) is 0 Å². The maximum atomic E-state index is 12.0. The third kappa shape index (κ3) is 4.74. The molecule has 1 amide bonds. The van der Waals surface area contributed by atoms with Gasteiger partial charge in [-0.2, -0.15) is 0 Å². The summed E-state index contributed by atoms with van der Waals surface area (Å²) < 4.78 is 5.18. The van der Waals surface area contributed by atoms with E-state index in [1.165, 1.54) is 11.8 Å². The molecule has 0 aromatic heterocycles. The van der Waals surface area contributed by atoms with Crippen LogP contribution in [0.2, 0.25) is 0 Å². The number of ether oxygens (including phenoxy) is 1. The molecule has 1 fully saturated rings. The van der Waals surface area contributed by atoms with Crippen molar-refractivity contribution in [2.75, 3.05) is 6.54 Å². The number of rotatable bonds is 2. The van der Waals surface area contributed by atoms with E-state index in [9.17, 15) is 14.4 Å². The minimum absolute atomic E-state index is 0.0832. The van der Waals surface area contributed by atoms with Crippen LogP contribution in [0.25, 0.3) is 0 Å². The first-order valence-electron chi connectivity index (χ1n) is 6.00. The van der Waals surface area contributed by atoms with E-state index in [4.69, 9.17) is 9.84 Å². The lowest BCUT2D eigenvalue weighted by Crippen LogP contribution is -2.43. The van der Waals surface area contributed by atoms with Gasteiger partial charge in [0, 0.05) is 18.7 Å². The van der Waals surface area contributed by atoms with Crippen molar-refractivity contribution in [2.24, 2.45) is 0 Å². The maximum absolute atomic E-state index is 12.0. The number of hydrogen-bond acceptors (Lipinski definition) is 5. The lowest BCUT2D eigenvalue weighted by atomic mass is 10.2. The highest BCUT2D eigenvalue weighted by Crippen LogP contribution is 2.29. The Morgan fingerprint density at radius 1 is 1.32 bits per heavy atom. The molecule has 0 radical (unpaired) electrons. The maximum Gasteiger partial charge on any atom is 0.411 e. The first-order valence-corrected chi connectivity index (χ1v) is 6.88. The molecule has 7 heteroatoms. The molecule has 0 spiro atoms. The molecule has 0 bridgehead atoms. The van der Waals surface area contributed by atoms with Crippen LogP contribution in [0.15, 0.2) is 0 Å². The lowest BCUT2D eigenvalue weighted by Gasteiger charge is -2.26. The summed E-state index contributed by atoms with van der Waals surface area (Å²) in [6.07, 6.45) is -0.384. The molecule has 0 saturated carbocycles. The molecule has 1 aliphatic rings. The fourth-order valence-electron chi connectivity index (χ4n) is 1.87. The smallest absolute Gasteiger partial charge is 0.411 e. The number of nitrogens with zero attached hydrogens (tertiary/aromatic N) is 1. The average Bonchev–Trinajstić information content (AvgIpc) is 2.57. The summed E-state index contributed by atoms with van der Waals surface area (Å²) in [4.78, 5) is 35.4. The van der Waals surface area contributed by atoms with E-state index in [1.54, 1.807) is 20.8 Å². The summed E-state index contributed by atoms with van der Waals surface area (Å²) in [5, 5.41) is 8.87. The predicted molar refractivity (Wildman–Crippen MR) is 71.0 cm³/mol. The molecule has 1 N–H and O–H groups in total. The second-order valence-electron chi connectivity index (χ2n) is 5.45. The van der Waals surface area contributed by atoms with Gasteiger partial charge >= 0.3 is 12.1 Å². The molecule has 1 aliphatic heterocycles. The molecule has 1 heterocycles. The minimum atomic E-state index is -1.07. The van der Waals surface area contributed by atoms with Gasteiger partial charge in [0.1, 0.15) is 11.6 Å². The zero-order valence-electron chi connectivity index (χ0n) is 11.5.